The molecule has 1 atom stereocenters. The molecule has 2 rings (SSSR count). The largest absolute Gasteiger partial charge is 0.497 e. The van der Waals surface area contributed by atoms with Crippen molar-refractivity contribution < 1.29 is 14.6 Å². The summed E-state index contributed by atoms with van der Waals surface area (Å²) in [7, 11) is 1.62. The van der Waals surface area contributed by atoms with Crippen LogP contribution >= 0.6 is 11.6 Å². The Labute approximate surface area is 129 Å². The van der Waals surface area contributed by atoms with Gasteiger partial charge in [-0.1, -0.05) is 29.8 Å². The van der Waals surface area contributed by atoms with Gasteiger partial charge in [0.1, 0.15) is 24.2 Å². The lowest BCUT2D eigenvalue weighted by molar-refractivity contribution is 0.117. The zero-order chi connectivity index (χ0) is 15.1. The van der Waals surface area contributed by atoms with Gasteiger partial charge in [-0.3, -0.25) is 0 Å². The molecule has 0 fully saturated rings. The predicted octanol–water partition coefficient (Wildman–Crippen LogP) is 3.20. The molecule has 4 nitrogen and oxygen atoms in total. The Morgan fingerprint density at radius 2 is 2.00 bits per heavy atom. The lowest BCUT2D eigenvalue weighted by Gasteiger charge is -2.15. The predicted molar refractivity (Wildman–Crippen MR) is 84.4 cm³/mol. The molecule has 0 saturated carbocycles. The summed E-state index contributed by atoms with van der Waals surface area (Å²) < 4.78 is 10.6. The lowest BCUT2D eigenvalue weighted by Crippen LogP contribution is -2.26. The summed E-state index contributed by atoms with van der Waals surface area (Å²) in [6, 6.07) is 14.7. The maximum absolute atomic E-state index is 9.93. The molecule has 5 heteroatoms. The number of benzene rings is 2. The van der Waals surface area contributed by atoms with E-state index in [0.29, 0.717) is 17.3 Å². The Morgan fingerprint density at radius 1 is 1.19 bits per heavy atom. The average molecular weight is 308 g/mol. The van der Waals surface area contributed by atoms with Gasteiger partial charge in [0, 0.05) is 18.3 Å². The van der Waals surface area contributed by atoms with Crippen LogP contribution < -0.4 is 14.8 Å². The van der Waals surface area contributed by atoms with Gasteiger partial charge in [-0.05, 0) is 24.3 Å². The second-order valence-electron chi connectivity index (χ2n) is 4.51. The van der Waals surface area contributed by atoms with Gasteiger partial charge in [-0.2, -0.15) is 0 Å². The molecule has 0 saturated heterocycles. The Kier molecular flexibility index (Phi) is 5.72. The van der Waals surface area contributed by atoms with Crippen molar-refractivity contribution in [1.29, 1.82) is 0 Å². The average Bonchev–Trinajstić information content (AvgIpc) is 2.52. The monoisotopic (exact) mass is 307 g/mol. The van der Waals surface area contributed by atoms with Crippen LogP contribution in [0.5, 0.6) is 11.5 Å². The first-order valence-electron chi connectivity index (χ1n) is 6.62. The zero-order valence-corrected chi connectivity index (χ0v) is 12.5. The minimum atomic E-state index is -0.646. The fraction of sp³-hybridized carbons (Fsp3) is 0.250. The Balaban J connectivity index is 1.79. The van der Waals surface area contributed by atoms with Gasteiger partial charge in [0.15, 0.2) is 0 Å². The number of para-hydroxylation sites is 1. The van der Waals surface area contributed by atoms with Crippen LogP contribution in [0, 0.1) is 0 Å². The van der Waals surface area contributed by atoms with Gasteiger partial charge in [0.25, 0.3) is 0 Å². The highest BCUT2D eigenvalue weighted by Crippen LogP contribution is 2.23. The molecule has 112 valence electrons. The van der Waals surface area contributed by atoms with Crippen molar-refractivity contribution in [3.8, 4) is 11.5 Å². The molecule has 0 bridgehead atoms. The number of hydrogen-bond donors (Lipinski definition) is 2. The normalized spacial score (nSPS) is 11.8. The van der Waals surface area contributed by atoms with Crippen molar-refractivity contribution in [2.24, 2.45) is 0 Å². The third-order valence-corrected chi connectivity index (χ3v) is 3.19. The summed E-state index contributed by atoms with van der Waals surface area (Å²) in [5.74, 6) is 1.33. The van der Waals surface area contributed by atoms with E-state index >= 15 is 0 Å². The molecule has 0 aromatic heterocycles. The topological polar surface area (TPSA) is 50.7 Å². The van der Waals surface area contributed by atoms with Gasteiger partial charge in [-0.15, -0.1) is 0 Å². The molecule has 0 aliphatic carbocycles. The molecular formula is C16H18ClNO3. The minimum absolute atomic E-state index is 0.167. The molecule has 0 radical (unpaired) electrons. The van der Waals surface area contributed by atoms with E-state index in [1.165, 1.54) is 0 Å². The molecule has 0 aliphatic rings. The highest BCUT2D eigenvalue weighted by molar-refractivity contribution is 6.32. The number of aliphatic hydroxyl groups is 1. The van der Waals surface area contributed by atoms with Gasteiger partial charge in [0.2, 0.25) is 0 Å². The van der Waals surface area contributed by atoms with Crippen molar-refractivity contribution in [2.45, 2.75) is 6.10 Å². The molecular weight excluding hydrogens is 290 g/mol. The van der Waals surface area contributed by atoms with Gasteiger partial charge in [0.05, 0.1) is 12.1 Å². The van der Waals surface area contributed by atoms with E-state index in [1.807, 2.05) is 36.4 Å². The van der Waals surface area contributed by atoms with E-state index < -0.39 is 6.10 Å². The zero-order valence-electron chi connectivity index (χ0n) is 11.8. The number of hydrogen-bond acceptors (Lipinski definition) is 4. The van der Waals surface area contributed by atoms with Crippen LogP contribution in [-0.4, -0.2) is 31.5 Å². The van der Waals surface area contributed by atoms with Crippen LogP contribution in [0.4, 0.5) is 5.69 Å². The highest BCUT2D eigenvalue weighted by Gasteiger charge is 2.07. The van der Waals surface area contributed by atoms with Crippen LogP contribution in [0.3, 0.4) is 0 Å². The van der Waals surface area contributed by atoms with E-state index in [1.54, 1.807) is 19.2 Å². The second kappa shape index (κ2) is 7.76. The molecule has 2 aromatic rings. The van der Waals surface area contributed by atoms with Crippen molar-refractivity contribution in [3.63, 3.8) is 0 Å². The van der Waals surface area contributed by atoms with Crippen LogP contribution in [0.25, 0.3) is 0 Å². The summed E-state index contributed by atoms with van der Waals surface area (Å²) in [6.45, 7) is 0.540. The van der Waals surface area contributed by atoms with Gasteiger partial charge >= 0.3 is 0 Å². The summed E-state index contributed by atoms with van der Waals surface area (Å²) in [6.07, 6.45) is -0.646. The molecule has 21 heavy (non-hydrogen) atoms. The standard InChI is InChI=1S/C16H18ClNO3/c1-20-14-6-4-5-12(9-14)18-10-13(19)11-21-16-8-3-2-7-15(16)17/h2-9,13,18-19H,10-11H2,1H3. The first kappa shape index (κ1) is 15.5. The molecule has 1 unspecified atom stereocenters. The fourth-order valence-corrected chi connectivity index (χ4v) is 1.97. The Bertz CT molecular complexity index is 577. The van der Waals surface area contributed by atoms with E-state index in [9.17, 15) is 5.11 Å². The Hall–Kier alpha value is -1.91. The number of ether oxygens (including phenoxy) is 2. The second-order valence-corrected chi connectivity index (χ2v) is 4.92. The van der Waals surface area contributed by atoms with E-state index in [-0.39, 0.29) is 6.61 Å². The summed E-state index contributed by atoms with van der Waals surface area (Å²) in [5, 5.41) is 13.6. The number of methoxy groups -OCH3 is 1. The summed E-state index contributed by atoms with van der Waals surface area (Å²) >= 11 is 5.98. The fourth-order valence-electron chi connectivity index (χ4n) is 1.78. The van der Waals surface area contributed by atoms with Gasteiger partial charge < -0.3 is 19.9 Å². The molecule has 0 heterocycles. The van der Waals surface area contributed by atoms with Crippen LogP contribution in [0.15, 0.2) is 48.5 Å². The van der Waals surface area contributed by atoms with E-state index in [4.69, 9.17) is 21.1 Å². The number of halogens is 1. The minimum Gasteiger partial charge on any atom is -0.497 e. The third-order valence-electron chi connectivity index (χ3n) is 2.88. The van der Waals surface area contributed by atoms with Crippen LogP contribution in [0.2, 0.25) is 5.02 Å². The maximum Gasteiger partial charge on any atom is 0.138 e. The third kappa shape index (κ3) is 4.85. The quantitative estimate of drug-likeness (QED) is 0.825. The number of nitrogens with one attached hydrogen (secondary N) is 1. The van der Waals surface area contributed by atoms with E-state index in [0.717, 1.165) is 11.4 Å². The molecule has 0 amide bonds. The van der Waals surface area contributed by atoms with Crippen LogP contribution in [0.1, 0.15) is 0 Å². The number of anilines is 1. The van der Waals surface area contributed by atoms with Crippen LogP contribution in [-0.2, 0) is 0 Å². The lowest BCUT2D eigenvalue weighted by atomic mass is 10.3. The SMILES string of the molecule is COc1cccc(NCC(O)COc2ccccc2Cl)c1. The first-order chi connectivity index (χ1) is 10.2. The molecule has 0 spiro atoms. The first-order valence-corrected chi connectivity index (χ1v) is 7.00. The van der Waals surface area contributed by atoms with E-state index in [2.05, 4.69) is 5.32 Å². The Morgan fingerprint density at radius 3 is 2.76 bits per heavy atom. The highest BCUT2D eigenvalue weighted by atomic mass is 35.5. The smallest absolute Gasteiger partial charge is 0.138 e. The molecule has 2 aromatic carbocycles. The summed E-state index contributed by atoms with van der Waals surface area (Å²) in [4.78, 5) is 0. The maximum atomic E-state index is 9.93. The molecule has 0 aliphatic heterocycles. The van der Waals surface area contributed by atoms with Crippen molar-refractivity contribution in [1.82, 2.24) is 0 Å². The summed E-state index contributed by atoms with van der Waals surface area (Å²) in [5.41, 5.74) is 0.881. The van der Waals surface area contributed by atoms with Crippen molar-refractivity contribution in [2.75, 3.05) is 25.6 Å². The number of aliphatic hydroxyl groups excluding tert-OH is 1. The van der Waals surface area contributed by atoms with Crippen molar-refractivity contribution in [3.05, 3.63) is 53.6 Å². The van der Waals surface area contributed by atoms with Gasteiger partial charge in [-0.25, -0.2) is 0 Å². The molecule has 2 N–H and O–H groups in total. The van der Waals surface area contributed by atoms with Crippen molar-refractivity contribution >= 4 is 17.3 Å². The number of rotatable bonds is 7.